The molecule has 106 valence electrons. The highest BCUT2D eigenvalue weighted by atomic mass is 16.4. The molecule has 0 saturated carbocycles. The van der Waals surface area contributed by atoms with E-state index in [4.69, 9.17) is 4.42 Å². The van der Waals surface area contributed by atoms with E-state index in [1.54, 1.807) is 25.2 Å². The number of ketones is 1. The molecule has 0 bridgehead atoms. The van der Waals surface area contributed by atoms with Gasteiger partial charge in [0.2, 0.25) is 0 Å². The van der Waals surface area contributed by atoms with Crippen LogP contribution in [-0.4, -0.2) is 10.4 Å². The van der Waals surface area contributed by atoms with E-state index in [0.717, 1.165) is 5.56 Å². The van der Waals surface area contributed by atoms with Gasteiger partial charge < -0.3 is 4.42 Å². The van der Waals surface area contributed by atoms with E-state index in [9.17, 15) is 9.59 Å². The van der Waals surface area contributed by atoms with Crippen molar-refractivity contribution in [3.63, 3.8) is 0 Å². The summed E-state index contributed by atoms with van der Waals surface area (Å²) in [5.41, 5.74) is 2.64. The predicted octanol–water partition coefficient (Wildman–Crippen LogP) is 3.12. The van der Waals surface area contributed by atoms with Crippen LogP contribution in [0.2, 0.25) is 0 Å². The molecule has 3 aromatic rings. The second-order valence-corrected chi connectivity index (χ2v) is 5.11. The highest BCUT2D eigenvalue weighted by Crippen LogP contribution is 2.22. The quantitative estimate of drug-likeness (QED) is 0.693. The molecule has 4 heteroatoms. The van der Waals surface area contributed by atoms with Crippen LogP contribution >= 0.6 is 0 Å². The van der Waals surface area contributed by atoms with Gasteiger partial charge in [0.25, 0.3) is 0 Å². The van der Waals surface area contributed by atoms with Gasteiger partial charge in [-0.3, -0.25) is 9.36 Å². The Balaban J connectivity index is 2.00. The number of hydrogen-bond donors (Lipinski definition) is 0. The average Bonchev–Trinajstić information content (AvgIpc) is 2.81. The van der Waals surface area contributed by atoms with Gasteiger partial charge in [0.05, 0.1) is 5.52 Å². The summed E-state index contributed by atoms with van der Waals surface area (Å²) < 4.78 is 6.55. The van der Waals surface area contributed by atoms with Crippen molar-refractivity contribution in [3.05, 3.63) is 70.2 Å². The van der Waals surface area contributed by atoms with E-state index in [0.29, 0.717) is 16.7 Å². The van der Waals surface area contributed by atoms with E-state index in [-0.39, 0.29) is 11.7 Å². The number of oxazole rings is 1. The predicted molar refractivity (Wildman–Crippen MR) is 80.6 cm³/mol. The Morgan fingerprint density at radius 2 is 1.86 bits per heavy atom. The topological polar surface area (TPSA) is 52.2 Å². The first-order chi connectivity index (χ1) is 10.1. The van der Waals surface area contributed by atoms with Crippen molar-refractivity contribution in [2.45, 2.75) is 12.8 Å². The summed E-state index contributed by atoms with van der Waals surface area (Å²) in [5, 5.41) is 0. The minimum absolute atomic E-state index is 0.00889. The van der Waals surface area contributed by atoms with E-state index in [1.807, 2.05) is 37.3 Å². The van der Waals surface area contributed by atoms with E-state index in [1.165, 1.54) is 4.57 Å². The average molecular weight is 281 g/mol. The standard InChI is InChI=1S/C17H15NO3/c1-11(12-6-4-3-5-7-12)16(19)13-8-9-14-15(10-13)21-17(20)18(14)2/h3-11H,1-2H3. The van der Waals surface area contributed by atoms with Gasteiger partial charge in [-0.25, -0.2) is 4.79 Å². The lowest BCUT2D eigenvalue weighted by Gasteiger charge is -2.10. The Hall–Kier alpha value is -2.62. The smallest absolute Gasteiger partial charge is 0.408 e. The van der Waals surface area contributed by atoms with Gasteiger partial charge in [-0.2, -0.15) is 0 Å². The van der Waals surface area contributed by atoms with Crippen LogP contribution in [0.5, 0.6) is 0 Å². The molecule has 0 aliphatic heterocycles. The SMILES string of the molecule is CC(C(=O)c1ccc2c(c1)oc(=O)n2C)c1ccccc1. The number of fused-ring (bicyclic) bond motifs is 1. The highest BCUT2D eigenvalue weighted by Gasteiger charge is 2.18. The third-order valence-electron chi connectivity index (χ3n) is 3.77. The fraction of sp³-hybridized carbons (Fsp3) is 0.176. The third kappa shape index (κ3) is 2.29. The van der Waals surface area contributed by atoms with E-state index < -0.39 is 5.76 Å². The fourth-order valence-electron chi connectivity index (χ4n) is 2.43. The zero-order valence-corrected chi connectivity index (χ0v) is 11.9. The number of benzene rings is 2. The van der Waals surface area contributed by atoms with Crippen LogP contribution in [0.25, 0.3) is 11.1 Å². The van der Waals surface area contributed by atoms with Gasteiger partial charge in [-0.15, -0.1) is 0 Å². The van der Waals surface area contributed by atoms with Gasteiger partial charge in [0.1, 0.15) is 0 Å². The Labute approximate surface area is 121 Å². The lowest BCUT2D eigenvalue weighted by atomic mass is 9.92. The summed E-state index contributed by atoms with van der Waals surface area (Å²) in [6, 6.07) is 14.7. The molecule has 2 aromatic carbocycles. The fourth-order valence-corrected chi connectivity index (χ4v) is 2.43. The molecule has 1 unspecified atom stereocenters. The van der Waals surface area contributed by atoms with Gasteiger partial charge in [-0.05, 0) is 23.8 Å². The molecule has 0 saturated heterocycles. The lowest BCUT2D eigenvalue weighted by molar-refractivity contribution is 0.0966. The van der Waals surface area contributed by atoms with E-state index >= 15 is 0 Å². The zero-order valence-electron chi connectivity index (χ0n) is 11.9. The second kappa shape index (κ2) is 5.05. The summed E-state index contributed by atoms with van der Waals surface area (Å²) in [5.74, 6) is -0.653. The maximum absolute atomic E-state index is 12.6. The summed E-state index contributed by atoms with van der Waals surface area (Å²) in [7, 11) is 1.64. The monoisotopic (exact) mass is 281 g/mol. The van der Waals surface area contributed by atoms with Crippen molar-refractivity contribution in [2.75, 3.05) is 0 Å². The molecule has 1 atom stereocenters. The lowest BCUT2D eigenvalue weighted by Crippen LogP contribution is -2.09. The molecule has 0 N–H and O–H groups in total. The van der Waals surface area contributed by atoms with Crippen LogP contribution in [0.3, 0.4) is 0 Å². The van der Waals surface area contributed by atoms with Crippen molar-refractivity contribution in [1.29, 1.82) is 0 Å². The molecule has 0 aliphatic carbocycles. The number of hydrogen-bond acceptors (Lipinski definition) is 3. The van der Waals surface area contributed by atoms with Crippen LogP contribution in [0.15, 0.2) is 57.7 Å². The molecule has 21 heavy (non-hydrogen) atoms. The van der Waals surface area contributed by atoms with Crippen molar-refractivity contribution in [2.24, 2.45) is 7.05 Å². The van der Waals surface area contributed by atoms with Gasteiger partial charge in [-0.1, -0.05) is 37.3 Å². The van der Waals surface area contributed by atoms with Crippen molar-refractivity contribution < 1.29 is 9.21 Å². The molecular weight excluding hydrogens is 266 g/mol. The number of aromatic nitrogens is 1. The van der Waals surface area contributed by atoms with Crippen LogP contribution in [0.1, 0.15) is 28.8 Å². The van der Waals surface area contributed by atoms with Gasteiger partial charge in [0.15, 0.2) is 11.4 Å². The number of aryl methyl sites for hydroxylation is 1. The maximum Gasteiger partial charge on any atom is 0.419 e. The summed E-state index contributed by atoms with van der Waals surface area (Å²) >= 11 is 0. The minimum Gasteiger partial charge on any atom is -0.408 e. The summed E-state index contributed by atoms with van der Waals surface area (Å²) in [6.45, 7) is 1.88. The molecule has 0 fully saturated rings. The summed E-state index contributed by atoms with van der Waals surface area (Å²) in [6.07, 6.45) is 0. The van der Waals surface area contributed by atoms with Crippen LogP contribution < -0.4 is 5.76 Å². The first-order valence-electron chi connectivity index (χ1n) is 6.76. The Morgan fingerprint density at radius 3 is 2.57 bits per heavy atom. The van der Waals surface area contributed by atoms with Crippen LogP contribution in [0.4, 0.5) is 0 Å². The molecule has 0 spiro atoms. The Kier molecular flexibility index (Phi) is 3.22. The number of rotatable bonds is 3. The second-order valence-electron chi connectivity index (χ2n) is 5.11. The molecular formula is C17H15NO3. The van der Waals surface area contributed by atoms with E-state index in [2.05, 4.69) is 0 Å². The first-order valence-corrected chi connectivity index (χ1v) is 6.76. The minimum atomic E-state index is -0.425. The third-order valence-corrected chi connectivity index (χ3v) is 3.77. The number of carbonyl (C=O) groups excluding carboxylic acids is 1. The number of Topliss-reactive ketones (excluding diaryl/α,β-unsaturated/α-hetero) is 1. The molecule has 3 rings (SSSR count). The van der Waals surface area contributed by atoms with Crippen LogP contribution in [0, 0.1) is 0 Å². The maximum atomic E-state index is 12.6. The number of nitrogens with zero attached hydrogens (tertiary/aromatic N) is 1. The van der Waals surface area contributed by atoms with Crippen molar-refractivity contribution in [1.82, 2.24) is 4.57 Å². The zero-order chi connectivity index (χ0) is 15.0. The molecule has 1 aromatic heterocycles. The molecule has 4 nitrogen and oxygen atoms in total. The Bertz CT molecular complexity index is 859. The largest absolute Gasteiger partial charge is 0.419 e. The first kappa shape index (κ1) is 13.4. The molecule has 0 radical (unpaired) electrons. The van der Waals surface area contributed by atoms with Crippen molar-refractivity contribution >= 4 is 16.9 Å². The molecule has 0 aliphatic rings. The van der Waals surface area contributed by atoms with Gasteiger partial charge in [0, 0.05) is 18.5 Å². The number of carbonyl (C=O) groups is 1. The molecule has 1 heterocycles. The normalized spacial score (nSPS) is 12.5. The Morgan fingerprint density at radius 1 is 1.14 bits per heavy atom. The highest BCUT2D eigenvalue weighted by molar-refractivity contribution is 6.02. The van der Waals surface area contributed by atoms with Crippen LogP contribution in [-0.2, 0) is 7.05 Å². The molecule has 0 amide bonds. The van der Waals surface area contributed by atoms with Crippen molar-refractivity contribution in [3.8, 4) is 0 Å². The summed E-state index contributed by atoms with van der Waals surface area (Å²) in [4.78, 5) is 24.0. The van der Waals surface area contributed by atoms with Gasteiger partial charge >= 0.3 is 5.76 Å².